The molecule has 3 heterocycles. The standard InChI is InChI=1S/C23H34N4O6S/c1-3-25(4-2)34(30,31)18-8-9-19-21(13-18)27(23(29)20-7-5-6-10-26(19)20)15-22(28)24-14-17-16-32-11-12-33-17/h8-9,13,17,20H,3-7,10-12,14-16H2,1-2H3,(H,24,28). The highest BCUT2D eigenvalue weighted by Crippen LogP contribution is 2.40. The van der Waals surface area contributed by atoms with E-state index < -0.39 is 10.0 Å². The minimum atomic E-state index is -3.71. The van der Waals surface area contributed by atoms with Gasteiger partial charge >= 0.3 is 0 Å². The molecule has 34 heavy (non-hydrogen) atoms. The SMILES string of the molecule is CCN(CC)S(=O)(=O)c1ccc2c(c1)N(CC(=O)NCC1COCCO1)C(=O)C1CCCCN21. The number of rotatable bonds is 8. The lowest BCUT2D eigenvalue weighted by atomic mass is 9.96. The topological polar surface area (TPSA) is 108 Å². The summed E-state index contributed by atoms with van der Waals surface area (Å²) in [5.41, 5.74) is 1.25. The number of piperidine rings is 1. The molecule has 4 rings (SSSR count). The molecule has 0 spiro atoms. The number of sulfonamides is 1. The lowest BCUT2D eigenvalue weighted by Crippen LogP contribution is -2.57. The molecule has 11 heteroatoms. The number of nitrogens with zero attached hydrogens (tertiary/aromatic N) is 3. The van der Waals surface area contributed by atoms with Gasteiger partial charge in [0.25, 0.3) is 0 Å². The minimum Gasteiger partial charge on any atom is -0.376 e. The van der Waals surface area contributed by atoms with Crippen LogP contribution in [-0.4, -0.2) is 89.2 Å². The van der Waals surface area contributed by atoms with Crippen molar-refractivity contribution in [3.05, 3.63) is 18.2 Å². The summed E-state index contributed by atoms with van der Waals surface area (Å²) in [6.45, 7) is 6.56. The Morgan fingerprint density at radius 3 is 2.68 bits per heavy atom. The number of hydrogen-bond donors (Lipinski definition) is 1. The van der Waals surface area contributed by atoms with Gasteiger partial charge in [-0.2, -0.15) is 4.31 Å². The van der Waals surface area contributed by atoms with Gasteiger partial charge in [0.15, 0.2) is 0 Å². The molecule has 0 saturated carbocycles. The second kappa shape index (κ2) is 10.6. The molecule has 1 N–H and O–H groups in total. The molecule has 2 saturated heterocycles. The molecule has 0 aliphatic carbocycles. The van der Waals surface area contributed by atoms with Crippen LogP contribution in [0.2, 0.25) is 0 Å². The lowest BCUT2D eigenvalue weighted by molar-refractivity contribution is -0.126. The molecule has 0 radical (unpaired) electrons. The molecular formula is C23H34N4O6S. The molecule has 2 amide bonds. The summed E-state index contributed by atoms with van der Waals surface area (Å²) in [5.74, 6) is -0.494. The van der Waals surface area contributed by atoms with Crippen molar-refractivity contribution in [3.8, 4) is 0 Å². The number of amides is 2. The number of carbonyl (C=O) groups is 2. The normalized spacial score (nSPS) is 23.0. The molecule has 0 bridgehead atoms. The van der Waals surface area contributed by atoms with E-state index >= 15 is 0 Å². The smallest absolute Gasteiger partial charge is 0.250 e. The zero-order valence-electron chi connectivity index (χ0n) is 19.9. The average molecular weight is 495 g/mol. The van der Waals surface area contributed by atoms with Crippen LogP contribution in [0, 0.1) is 0 Å². The molecule has 0 aromatic heterocycles. The fourth-order valence-corrected chi connectivity index (χ4v) is 6.33. The first kappa shape index (κ1) is 24.9. The summed E-state index contributed by atoms with van der Waals surface area (Å²) >= 11 is 0. The molecule has 3 aliphatic heterocycles. The van der Waals surface area contributed by atoms with Crippen molar-refractivity contribution < 1.29 is 27.5 Å². The second-order valence-electron chi connectivity index (χ2n) is 8.74. The fourth-order valence-electron chi connectivity index (χ4n) is 4.86. The molecule has 2 unspecified atom stereocenters. The van der Waals surface area contributed by atoms with E-state index in [1.165, 1.54) is 15.3 Å². The van der Waals surface area contributed by atoms with Crippen molar-refractivity contribution in [1.82, 2.24) is 9.62 Å². The van der Waals surface area contributed by atoms with E-state index in [9.17, 15) is 18.0 Å². The maximum Gasteiger partial charge on any atom is 0.250 e. The minimum absolute atomic E-state index is 0.122. The molecule has 10 nitrogen and oxygen atoms in total. The Labute approximate surface area is 201 Å². The van der Waals surface area contributed by atoms with E-state index in [0.717, 1.165) is 25.1 Å². The van der Waals surface area contributed by atoms with Crippen molar-refractivity contribution >= 4 is 33.2 Å². The quantitative estimate of drug-likeness (QED) is 0.573. The summed E-state index contributed by atoms with van der Waals surface area (Å²) < 4.78 is 38.6. The third-order valence-corrected chi connectivity index (χ3v) is 8.70. The maximum absolute atomic E-state index is 13.5. The summed E-state index contributed by atoms with van der Waals surface area (Å²) in [6, 6.07) is 4.58. The van der Waals surface area contributed by atoms with E-state index in [1.54, 1.807) is 26.0 Å². The summed E-state index contributed by atoms with van der Waals surface area (Å²) in [5, 5.41) is 2.83. The van der Waals surface area contributed by atoms with E-state index in [2.05, 4.69) is 10.2 Å². The average Bonchev–Trinajstić information content (AvgIpc) is 2.86. The Morgan fingerprint density at radius 1 is 1.18 bits per heavy atom. The number of hydrogen-bond acceptors (Lipinski definition) is 7. The van der Waals surface area contributed by atoms with Crippen LogP contribution in [0.5, 0.6) is 0 Å². The first-order valence-corrected chi connectivity index (χ1v) is 13.5. The Morgan fingerprint density at radius 2 is 1.97 bits per heavy atom. The molecule has 1 aromatic rings. The zero-order valence-corrected chi connectivity index (χ0v) is 20.7. The summed E-state index contributed by atoms with van der Waals surface area (Å²) in [7, 11) is -3.71. The highest BCUT2D eigenvalue weighted by molar-refractivity contribution is 7.89. The van der Waals surface area contributed by atoms with Crippen molar-refractivity contribution in [2.24, 2.45) is 0 Å². The fraction of sp³-hybridized carbons (Fsp3) is 0.652. The summed E-state index contributed by atoms with van der Waals surface area (Å²) in [4.78, 5) is 29.9. The van der Waals surface area contributed by atoms with Crippen molar-refractivity contribution in [1.29, 1.82) is 0 Å². The zero-order chi connectivity index (χ0) is 24.3. The lowest BCUT2D eigenvalue weighted by Gasteiger charge is -2.45. The van der Waals surface area contributed by atoms with Crippen LogP contribution in [-0.2, 0) is 29.1 Å². The van der Waals surface area contributed by atoms with Crippen molar-refractivity contribution in [3.63, 3.8) is 0 Å². The van der Waals surface area contributed by atoms with Crippen molar-refractivity contribution in [2.45, 2.75) is 50.2 Å². The molecule has 1 aromatic carbocycles. The number of fused-ring (bicyclic) bond motifs is 3. The van der Waals surface area contributed by atoms with Crippen LogP contribution in [0.4, 0.5) is 11.4 Å². The monoisotopic (exact) mass is 494 g/mol. The van der Waals surface area contributed by atoms with Crippen LogP contribution >= 0.6 is 0 Å². The molecule has 2 atom stereocenters. The number of nitrogens with one attached hydrogen (secondary N) is 1. The van der Waals surface area contributed by atoms with E-state index in [-0.39, 0.29) is 35.4 Å². The Kier molecular flexibility index (Phi) is 7.76. The Hall–Kier alpha value is -2.21. The van der Waals surface area contributed by atoms with Gasteiger partial charge in [0, 0.05) is 26.2 Å². The predicted octanol–water partition coefficient (Wildman–Crippen LogP) is 0.954. The highest BCUT2D eigenvalue weighted by Gasteiger charge is 2.40. The summed E-state index contributed by atoms with van der Waals surface area (Å²) in [6.07, 6.45) is 2.40. The third kappa shape index (κ3) is 4.93. The second-order valence-corrected chi connectivity index (χ2v) is 10.7. The van der Waals surface area contributed by atoms with Crippen LogP contribution in [0.3, 0.4) is 0 Å². The maximum atomic E-state index is 13.5. The van der Waals surface area contributed by atoms with E-state index in [0.29, 0.717) is 51.6 Å². The number of carbonyl (C=O) groups excluding carboxylic acids is 2. The van der Waals surface area contributed by atoms with Gasteiger partial charge in [0.05, 0.1) is 42.2 Å². The number of anilines is 2. The first-order valence-electron chi connectivity index (χ1n) is 12.0. The van der Waals surface area contributed by atoms with E-state index in [4.69, 9.17) is 9.47 Å². The number of benzene rings is 1. The van der Waals surface area contributed by atoms with Gasteiger partial charge < -0.3 is 19.7 Å². The molecule has 3 aliphatic rings. The Bertz CT molecular complexity index is 1010. The number of ether oxygens (including phenoxy) is 2. The van der Waals surface area contributed by atoms with Crippen LogP contribution in [0.15, 0.2) is 23.1 Å². The van der Waals surface area contributed by atoms with Crippen molar-refractivity contribution in [2.75, 3.05) is 62.3 Å². The van der Waals surface area contributed by atoms with Gasteiger partial charge in [-0.15, -0.1) is 0 Å². The molecular weight excluding hydrogens is 460 g/mol. The van der Waals surface area contributed by atoms with Gasteiger partial charge in [-0.05, 0) is 37.5 Å². The molecule has 188 valence electrons. The largest absolute Gasteiger partial charge is 0.376 e. The van der Waals surface area contributed by atoms with Gasteiger partial charge in [0.2, 0.25) is 21.8 Å². The highest BCUT2D eigenvalue weighted by atomic mass is 32.2. The molecule has 2 fully saturated rings. The van der Waals surface area contributed by atoms with Gasteiger partial charge in [-0.25, -0.2) is 8.42 Å². The van der Waals surface area contributed by atoms with Crippen LogP contribution in [0.1, 0.15) is 33.1 Å². The van der Waals surface area contributed by atoms with Gasteiger partial charge in [-0.3, -0.25) is 14.5 Å². The van der Waals surface area contributed by atoms with E-state index in [1.807, 2.05) is 0 Å². The predicted molar refractivity (Wildman–Crippen MR) is 127 cm³/mol. The van der Waals surface area contributed by atoms with Crippen LogP contribution in [0.25, 0.3) is 0 Å². The Balaban J connectivity index is 1.62. The van der Waals surface area contributed by atoms with Crippen LogP contribution < -0.4 is 15.1 Å². The first-order chi connectivity index (χ1) is 16.4. The van der Waals surface area contributed by atoms with Gasteiger partial charge in [-0.1, -0.05) is 13.8 Å². The van der Waals surface area contributed by atoms with Gasteiger partial charge in [0.1, 0.15) is 12.6 Å². The third-order valence-electron chi connectivity index (χ3n) is 6.66.